The Kier molecular flexibility index (Phi) is 3.36. The van der Waals surface area contributed by atoms with Gasteiger partial charge in [-0.15, -0.1) is 12.6 Å². The molecule has 0 spiro atoms. The molecule has 1 fully saturated rings. The molecule has 1 aliphatic rings. The van der Waals surface area contributed by atoms with Gasteiger partial charge in [-0.05, 0) is 53.4 Å². The second-order valence-corrected chi connectivity index (χ2v) is 5.14. The zero-order valence-corrected chi connectivity index (χ0v) is 10.6. The number of hydrogen-bond donors (Lipinski definition) is 2. The highest BCUT2D eigenvalue weighted by Crippen LogP contribution is 2.22. The lowest BCUT2D eigenvalue weighted by atomic mass is 9.93. The Morgan fingerprint density at radius 2 is 2.20 bits per heavy atom. The Hall–Kier alpha value is -0.480. The lowest BCUT2D eigenvalue weighted by molar-refractivity contribution is 0.0916. The molecule has 1 amide bonds. The van der Waals surface area contributed by atoms with Crippen LogP contribution in [0.25, 0.3) is 0 Å². The predicted molar refractivity (Wildman–Crippen MR) is 66.5 cm³/mol. The number of carbonyl (C=O) groups is 1. The molecule has 0 aliphatic heterocycles. The van der Waals surface area contributed by atoms with Crippen LogP contribution in [-0.4, -0.2) is 11.9 Å². The Morgan fingerprint density at radius 3 is 2.80 bits per heavy atom. The number of hydrogen-bond acceptors (Lipinski definition) is 2. The maximum atomic E-state index is 11.8. The topological polar surface area (TPSA) is 29.1 Å². The van der Waals surface area contributed by atoms with Gasteiger partial charge in [0.15, 0.2) is 0 Å². The summed E-state index contributed by atoms with van der Waals surface area (Å²) < 4.78 is 0.817. The summed E-state index contributed by atoms with van der Waals surface area (Å²) in [6, 6.07) is 5.85. The quantitative estimate of drug-likeness (QED) is 0.804. The van der Waals surface area contributed by atoms with E-state index in [1.54, 1.807) is 6.07 Å². The average molecular weight is 286 g/mol. The summed E-state index contributed by atoms with van der Waals surface area (Å²) in [6.07, 6.45) is 3.42. The minimum atomic E-state index is -0.0116. The number of nitrogens with one attached hydrogen (secondary N) is 1. The summed E-state index contributed by atoms with van der Waals surface area (Å²) in [7, 11) is 0. The van der Waals surface area contributed by atoms with Gasteiger partial charge in [0.25, 0.3) is 5.91 Å². The molecule has 80 valence electrons. The molecule has 15 heavy (non-hydrogen) atoms. The van der Waals surface area contributed by atoms with E-state index in [2.05, 4.69) is 33.9 Å². The summed E-state index contributed by atoms with van der Waals surface area (Å²) in [5.74, 6) is -0.0116. The summed E-state index contributed by atoms with van der Waals surface area (Å²) in [5.41, 5.74) is 0.661. The molecule has 1 N–H and O–H groups in total. The van der Waals surface area contributed by atoms with Crippen molar-refractivity contribution >= 4 is 34.5 Å². The average Bonchev–Trinajstić information content (AvgIpc) is 2.15. The molecule has 2 rings (SSSR count). The van der Waals surface area contributed by atoms with E-state index >= 15 is 0 Å². The van der Waals surface area contributed by atoms with Crippen molar-refractivity contribution in [2.75, 3.05) is 0 Å². The molecule has 1 aromatic carbocycles. The molecule has 4 heteroatoms. The van der Waals surface area contributed by atoms with Gasteiger partial charge >= 0.3 is 0 Å². The van der Waals surface area contributed by atoms with E-state index < -0.39 is 0 Å². The second kappa shape index (κ2) is 4.58. The van der Waals surface area contributed by atoms with Gasteiger partial charge in [0, 0.05) is 15.4 Å². The number of thiol groups is 1. The lowest BCUT2D eigenvalue weighted by Crippen LogP contribution is -2.39. The second-order valence-electron chi connectivity index (χ2n) is 3.77. The van der Waals surface area contributed by atoms with Crippen molar-refractivity contribution in [3.8, 4) is 0 Å². The number of amides is 1. The molecule has 1 saturated carbocycles. The molecular formula is C11H12BrNOS. The van der Waals surface area contributed by atoms with Crippen molar-refractivity contribution in [2.45, 2.75) is 30.2 Å². The minimum absolute atomic E-state index is 0.0116. The summed E-state index contributed by atoms with van der Waals surface area (Å²) in [4.78, 5) is 12.6. The van der Waals surface area contributed by atoms with Gasteiger partial charge in [-0.3, -0.25) is 4.79 Å². The molecule has 1 aromatic rings. The number of halogens is 1. The fraction of sp³-hybridized carbons (Fsp3) is 0.364. The van der Waals surface area contributed by atoms with E-state index in [4.69, 9.17) is 0 Å². The standard InChI is InChI=1S/C11H12BrNOS/c12-10-5-4-8(15)6-9(10)11(14)13-7-2-1-3-7/h4-7,15H,1-3H2,(H,13,14). The Bertz CT molecular complexity index is 390. The van der Waals surface area contributed by atoms with Crippen molar-refractivity contribution < 1.29 is 4.79 Å². The smallest absolute Gasteiger partial charge is 0.252 e. The minimum Gasteiger partial charge on any atom is -0.349 e. The van der Waals surface area contributed by atoms with E-state index in [-0.39, 0.29) is 5.91 Å². The van der Waals surface area contributed by atoms with Crippen LogP contribution in [0.2, 0.25) is 0 Å². The Labute approximate surface area is 103 Å². The maximum absolute atomic E-state index is 11.8. The van der Waals surface area contributed by atoms with Crippen LogP contribution < -0.4 is 5.32 Å². The van der Waals surface area contributed by atoms with Crippen molar-refractivity contribution in [3.05, 3.63) is 28.2 Å². The van der Waals surface area contributed by atoms with Gasteiger partial charge in [0.1, 0.15) is 0 Å². The van der Waals surface area contributed by atoms with E-state index in [0.29, 0.717) is 11.6 Å². The van der Waals surface area contributed by atoms with Crippen LogP contribution in [0.15, 0.2) is 27.6 Å². The molecule has 0 saturated heterocycles. The van der Waals surface area contributed by atoms with E-state index in [1.807, 2.05) is 12.1 Å². The largest absolute Gasteiger partial charge is 0.349 e. The highest BCUT2D eigenvalue weighted by Gasteiger charge is 2.21. The highest BCUT2D eigenvalue weighted by atomic mass is 79.9. The van der Waals surface area contributed by atoms with Crippen molar-refractivity contribution in [3.63, 3.8) is 0 Å². The first kappa shape index (κ1) is 11.0. The zero-order chi connectivity index (χ0) is 10.8. The number of rotatable bonds is 2. The van der Waals surface area contributed by atoms with Crippen LogP contribution in [0.1, 0.15) is 29.6 Å². The third kappa shape index (κ3) is 2.55. The van der Waals surface area contributed by atoms with Crippen LogP contribution in [0.5, 0.6) is 0 Å². The normalized spacial score (nSPS) is 15.9. The fourth-order valence-electron chi connectivity index (χ4n) is 1.50. The van der Waals surface area contributed by atoms with Crippen LogP contribution in [-0.2, 0) is 0 Å². The first-order valence-corrected chi connectivity index (χ1v) is 6.20. The molecule has 0 radical (unpaired) electrons. The van der Waals surface area contributed by atoms with Crippen LogP contribution in [0, 0.1) is 0 Å². The van der Waals surface area contributed by atoms with Gasteiger partial charge < -0.3 is 5.32 Å². The molecule has 0 bridgehead atoms. The van der Waals surface area contributed by atoms with E-state index in [9.17, 15) is 4.79 Å². The van der Waals surface area contributed by atoms with E-state index in [0.717, 1.165) is 22.2 Å². The van der Waals surface area contributed by atoms with Gasteiger partial charge in [-0.2, -0.15) is 0 Å². The van der Waals surface area contributed by atoms with E-state index in [1.165, 1.54) is 6.42 Å². The van der Waals surface area contributed by atoms with Gasteiger partial charge in [0.05, 0.1) is 5.56 Å². The molecule has 0 heterocycles. The SMILES string of the molecule is O=C(NC1CCC1)c1cc(S)ccc1Br. The van der Waals surface area contributed by atoms with Gasteiger partial charge in [0.2, 0.25) is 0 Å². The van der Waals surface area contributed by atoms with Crippen LogP contribution in [0.3, 0.4) is 0 Å². The number of benzene rings is 1. The Balaban J connectivity index is 2.12. The molecule has 0 unspecified atom stereocenters. The third-order valence-electron chi connectivity index (χ3n) is 2.63. The van der Waals surface area contributed by atoms with Crippen LogP contribution in [0.4, 0.5) is 0 Å². The zero-order valence-electron chi connectivity index (χ0n) is 8.16. The number of carbonyl (C=O) groups excluding carboxylic acids is 1. The van der Waals surface area contributed by atoms with Crippen molar-refractivity contribution in [1.82, 2.24) is 5.32 Å². The summed E-state index contributed by atoms with van der Waals surface area (Å²) in [5, 5.41) is 3.00. The van der Waals surface area contributed by atoms with Crippen molar-refractivity contribution in [2.24, 2.45) is 0 Å². The molecular weight excluding hydrogens is 274 g/mol. The maximum Gasteiger partial charge on any atom is 0.252 e. The highest BCUT2D eigenvalue weighted by molar-refractivity contribution is 9.10. The predicted octanol–water partition coefficient (Wildman–Crippen LogP) is 3.02. The van der Waals surface area contributed by atoms with Gasteiger partial charge in [-0.25, -0.2) is 0 Å². The lowest BCUT2D eigenvalue weighted by Gasteiger charge is -2.26. The monoisotopic (exact) mass is 285 g/mol. The summed E-state index contributed by atoms with van der Waals surface area (Å²) >= 11 is 7.59. The first-order chi connectivity index (χ1) is 7.16. The molecule has 0 aromatic heterocycles. The molecule has 0 atom stereocenters. The fourth-order valence-corrected chi connectivity index (χ4v) is 2.13. The van der Waals surface area contributed by atoms with Gasteiger partial charge in [-0.1, -0.05) is 0 Å². The third-order valence-corrected chi connectivity index (χ3v) is 3.60. The molecule has 2 nitrogen and oxygen atoms in total. The Morgan fingerprint density at radius 1 is 1.47 bits per heavy atom. The molecule has 1 aliphatic carbocycles. The first-order valence-electron chi connectivity index (χ1n) is 4.96. The summed E-state index contributed by atoms with van der Waals surface area (Å²) in [6.45, 7) is 0. The van der Waals surface area contributed by atoms with Crippen LogP contribution >= 0.6 is 28.6 Å². The van der Waals surface area contributed by atoms with Crippen molar-refractivity contribution in [1.29, 1.82) is 0 Å².